The molecule has 0 saturated carbocycles. The molecule has 2 saturated heterocycles. The summed E-state index contributed by atoms with van der Waals surface area (Å²) in [5.74, 6) is -1.87. The van der Waals surface area contributed by atoms with Crippen LogP contribution in [0.3, 0.4) is 0 Å². The van der Waals surface area contributed by atoms with E-state index in [1.165, 1.54) is 23.1 Å². The number of likely N-dealkylation sites (tertiary alicyclic amines) is 2. The molecule has 3 amide bonds. The van der Waals surface area contributed by atoms with Crippen molar-refractivity contribution in [3.05, 3.63) is 192 Å². The summed E-state index contributed by atoms with van der Waals surface area (Å²) in [6.45, 7) is 25.5. The number of nitrogens with one attached hydrogen (secondary N) is 1. The number of anilines is 3. The number of aromatic nitrogens is 9. The lowest BCUT2D eigenvalue weighted by Crippen LogP contribution is -2.42. The maximum atomic E-state index is 15.5. The van der Waals surface area contributed by atoms with Gasteiger partial charge in [-0.05, 0) is 119 Å². The minimum atomic E-state index is -0.837. The Morgan fingerprint density at radius 3 is 1.22 bits per heavy atom. The standard InChI is InChI=1S/C27H29ClFN5O2.C25H31ClFN5O3.C24H29ClFN5O3.5H2S/c1-14(2)36-24-19(15(3)26-32-17(5)23-25(30)31-11-12-34(23)26)13-20(28)22(29)21(24)27(35)33-16(4)18-9-7-6-8-10-18;1-13(2)35-22-17(14(3)24-30-15(4)21-23(28)29-8-11-32(21)24)12-18(26)20(27)19(22)25(33)31-9-6-16(34-5)7-10-31;1-12(2)34-21-16(13(3)23-29-14(4)20-22(27)28-7-9-31(20)23)10-17(25)19(26)18(21)24(33)30-8-5-6-15(32)11-30;;;;;/h6-16H,1-5H3,(H2,30,31)(H,33,35);8,11-14,16H,6-7,9-10H2,1-5H3,(H2,28,29);7,9-10,12-13,15,32H,5-6,8,11H2,1-4H3,(H2,27,28);5*1H2/t15-,16-;14-;13-,15-;;;;;/m000...../s1. The molecule has 0 spiro atoms. The number of imidazole rings is 3. The molecule has 23 nitrogen and oxygen atoms in total. The van der Waals surface area contributed by atoms with Crippen LogP contribution in [0, 0.1) is 38.2 Å². The van der Waals surface area contributed by atoms with E-state index in [1.54, 1.807) is 63.0 Å². The van der Waals surface area contributed by atoms with Gasteiger partial charge in [0.1, 0.15) is 85.4 Å². The lowest BCUT2D eigenvalue weighted by molar-refractivity contribution is 0.0345. The minimum absolute atomic E-state index is 0. The van der Waals surface area contributed by atoms with Crippen LogP contribution in [0.2, 0.25) is 15.1 Å². The summed E-state index contributed by atoms with van der Waals surface area (Å²) in [4.78, 5) is 70.2. The van der Waals surface area contributed by atoms with Crippen molar-refractivity contribution < 1.29 is 51.6 Å². The second-order valence-corrected chi connectivity index (χ2v) is 28.4. The summed E-state index contributed by atoms with van der Waals surface area (Å²) in [5.41, 5.74) is 24.4. The second-order valence-electron chi connectivity index (χ2n) is 27.2. The number of amides is 3. The van der Waals surface area contributed by atoms with Gasteiger partial charge in [-0.2, -0.15) is 67.5 Å². The highest BCUT2D eigenvalue weighted by Gasteiger charge is 2.37. The van der Waals surface area contributed by atoms with Crippen molar-refractivity contribution in [1.29, 1.82) is 0 Å². The Labute approximate surface area is 688 Å². The van der Waals surface area contributed by atoms with E-state index in [2.05, 4.69) is 20.3 Å². The van der Waals surface area contributed by atoms with Crippen molar-refractivity contribution in [2.75, 3.05) is 50.5 Å². The molecule has 4 aromatic carbocycles. The highest BCUT2D eigenvalue weighted by Crippen LogP contribution is 2.45. The topological polar surface area (TPSA) is 296 Å². The maximum Gasteiger partial charge on any atom is 0.260 e. The predicted octanol–water partition coefficient (Wildman–Crippen LogP) is 15.0. The van der Waals surface area contributed by atoms with Crippen LogP contribution in [0.25, 0.3) is 16.6 Å². The Hall–Kier alpha value is -7.72. The van der Waals surface area contributed by atoms with Crippen LogP contribution in [0.1, 0.15) is 207 Å². The Balaban J connectivity index is 0.000000289. The van der Waals surface area contributed by atoms with Crippen molar-refractivity contribution in [1.82, 2.24) is 58.2 Å². The average molecular weight is 1670 g/mol. The first kappa shape index (κ1) is 92.9. The first-order chi connectivity index (χ1) is 49.8. The van der Waals surface area contributed by atoms with Crippen LogP contribution in [0.5, 0.6) is 17.2 Å². The Morgan fingerprint density at radius 2 is 0.873 bits per heavy atom. The smallest absolute Gasteiger partial charge is 0.260 e. The van der Waals surface area contributed by atoms with Crippen LogP contribution in [-0.2, 0) is 4.74 Å². The van der Waals surface area contributed by atoms with E-state index in [0.717, 1.165) is 5.56 Å². The molecule has 598 valence electrons. The number of nitrogen functional groups attached to an aromatic ring is 3. The Morgan fingerprint density at radius 1 is 0.527 bits per heavy atom. The van der Waals surface area contributed by atoms with Gasteiger partial charge in [0.05, 0.1) is 68.7 Å². The van der Waals surface area contributed by atoms with Gasteiger partial charge in [-0.15, -0.1) is 0 Å². The number of fused-ring (bicyclic) bond motifs is 3. The van der Waals surface area contributed by atoms with Gasteiger partial charge in [-0.1, -0.05) is 85.9 Å². The van der Waals surface area contributed by atoms with E-state index in [0.29, 0.717) is 131 Å². The van der Waals surface area contributed by atoms with E-state index in [-0.39, 0.29) is 153 Å². The van der Waals surface area contributed by atoms with Gasteiger partial charge in [0.25, 0.3) is 17.7 Å². The molecule has 2 aliphatic heterocycles. The van der Waals surface area contributed by atoms with Crippen LogP contribution in [0.4, 0.5) is 30.6 Å². The number of aliphatic hydroxyl groups is 1. The molecule has 110 heavy (non-hydrogen) atoms. The van der Waals surface area contributed by atoms with Gasteiger partial charge in [0, 0.05) is 105 Å². The largest absolute Gasteiger partial charge is 0.490 e. The number of hydrogen-bond donors (Lipinski definition) is 5. The molecule has 12 rings (SSSR count). The van der Waals surface area contributed by atoms with Crippen LogP contribution >= 0.6 is 102 Å². The number of nitrogens with zero attached hydrogens (tertiary/aromatic N) is 11. The Kier molecular flexibility index (Phi) is 33.5. The van der Waals surface area contributed by atoms with E-state index in [4.69, 9.17) is 85.9 Å². The molecule has 34 heteroatoms. The van der Waals surface area contributed by atoms with Gasteiger partial charge < -0.3 is 56.4 Å². The number of piperidine rings is 2. The summed E-state index contributed by atoms with van der Waals surface area (Å²) in [5, 5.41) is 12.4. The van der Waals surface area contributed by atoms with E-state index < -0.39 is 59.0 Å². The fourth-order valence-corrected chi connectivity index (χ4v) is 14.1. The zero-order valence-corrected chi connectivity index (χ0v) is 70.9. The third-order valence-electron chi connectivity index (χ3n) is 18.6. The van der Waals surface area contributed by atoms with Crippen molar-refractivity contribution in [3.63, 3.8) is 0 Å². The van der Waals surface area contributed by atoms with Crippen molar-refractivity contribution in [2.24, 2.45) is 0 Å². The average Bonchev–Trinajstić information content (AvgIpc) is 1.38. The molecule has 6 aromatic heterocycles. The zero-order valence-electron chi connectivity index (χ0n) is 63.7. The molecule has 0 bridgehead atoms. The third kappa shape index (κ3) is 19.6. The summed E-state index contributed by atoms with van der Waals surface area (Å²) in [6.07, 6.45) is 11.2. The maximum absolute atomic E-state index is 15.5. The normalized spacial score (nSPS) is 14.7. The van der Waals surface area contributed by atoms with Crippen molar-refractivity contribution in [3.8, 4) is 17.2 Å². The number of methoxy groups -OCH3 is 1. The summed E-state index contributed by atoms with van der Waals surface area (Å²) >= 11 is 19.0. The Bertz CT molecular complexity index is 4900. The first-order valence-corrected chi connectivity index (χ1v) is 35.9. The number of β-amino-alcohol motifs (C(OH)–C–C–N with tert-alkyl or cyclic N) is 1. The lowest BCUT2D eigenvalue weighted by Gasteiger charge is -2.32. The molecule has 8 heterocycles. The molecule has 0 radical (unpaired) electrons. The monoisotopic (exact) mass is 1670 g/mol. The predicted molar refractivity (Wildman–Crippen MR) is 452 cm³/mol. The third-order valence-corrected chi connectivity index (χ3v) is 19.5. The molecular weight excluding hydrogens is 1570 g/mol. The highest BCUT2D eigenvalue weighted by molar-refractivity contribution is 7.60. The van der Waals surface area contributed by atoms with Crippen LogP contribution in [0.15, 0.2) is 85.7 Å². The highest BCUT2D eigenvalue weighted by atomic mass is 35.5. The summed E-state index contributed by atoms with van der Waals surface area (Å²) in [6, 6.07) is 13.6. The lowest BCUT2D eigenvalue weighted by atomic mass is 9.95. The molecule has 10 aromatic rings. The number of nitrogens with two attached hydrogens (primary N) is 3. The molecule has 2 aliphatic rings. The number of halogens is 6. The molecule has 0 unspecified atom stereocenters. The fourth-order valence-electron chi connectivity index (χ4n) is 13.5. The van der Waals surface area contributed by atoms with Crippen LogP contribution < -0.4 is 36.7 Å². The van der Waals surface area contributed by atoms with E-state index in [1.807, 2.05) is 120 Å². The van der Waals surface area contributed by atoms with Crippen molar-refractivity contribution >= 4 is 154 Å². The number of ether oxygens (including phenoxy) is 4. The molecule has 0 aliphatic carbocycles. The summed E-state index contributed by atoms with van der Waals surface area (Å²) < 4.78 is 75.5. The van der Waals surface area contributed by atoms with Crippen molar-refractivity contribution in [2.45, 2.75) is 170 Å². The zero-order chi connectivity index (χ0) is 76.3. The quantitative estimate of drug-likeness (QED) is 0.0533. The number of hydrogen-bond acceptors (Lipinski definition) is 17. The summed E-state index contributed by atoms with van der Waals surface area (Å²) in [7, 11) is 1.66. The first-order valence-electron chi connectivity index (χ1n) is 34.8. The SMILES string of the molecule is COC1CCN(C(=O)c2c(F)c(Cl)cc([C@H](C)c3nc(C)c4c(N)nccn34)c2OC(C)C)CC1.Cc1nc([C@@H](C)c2cc(Cl)c(F)c(C(=O)N3CCC[C@H](O)C3)c2OC(C)C)n2ccnc(N)c12.Cc1nc([C@@H](C)c2cc(Cl)c(F)c(C(=O)N[C@@H](C)c3ccccc3)c2OC(C)C)n2ccnc(N)c12.S.S.S.S.S. The molecule has 8 N–H and O–H groups in total. The number of benzene rings is 4. The number of aliphatic hydroxyl groups excluding tert-OH is 1. The number of carbonyl (C=O) groups excluding carboxylic acids is 3. The van der Waals surface area contributed by atoms with Gasteiger partial charge in [0.2, 0.25) is 0 Å². The molecule has 5 atom stereocenters. The van der Waals surface area contributed by atoms with Gasteiger partial charge in [-0.25, -0.2) is 43.1 Å². The number of aryl methyl sites for hydroxylation is 3. The van der Waals surface area contributed by atoms with Crippen LogP contribution in [-0.4, -0.2) is 140 Å². The van der Waals surface area contributed by atoms with E-state index >= 15 is 13.2 Å². The number of carbonyl (C=O) groups is 3. The second kappa shape index (κ2) is 39.6. The number of rotatable bonds is 18. The van der Waals surface area contributed by atoms with Gasteiger partial charge >= 0.3 is 0 Å². The minimum Gasteiger partial charge on any atom is -0.490 e. The van der Waals surface area contributed by atoms with Gasteiger partial charge in [-0.3, -0.25) is 27.6 Å². The fraction of sp³-hybridized carbons (Fsp3) is 0.408. The van der Waals surface area contributed by atoms with E-state index in [9.17, 15) is 19.5 Å². The molecular formula is C76H99Cl3F3N15O8S5. The molecule has 2 fully saturated rings. The van der Waals surface area contributed by atoms with Gasteiger partial charge in [0.15, 0.2) is 17.5 Å².